The minimum absolute atomic E-state index is 0.0209. The number of amides is 1. The molecule has 108 valence electrons. The quantitative estimate of drug-likeness (QED) is 0.781. The molecule has 1 rings (SSSR count). The maximum atomic E-state index is 12.2. The van der Waals surface area contributed by atoms with Crippen molar-refractivity contribution in [2.24, 2.45) is 5.92 Å². The zero-order chi connectivity index (χ0) is 14.4. The Balaban J connectivity index is 2.55. The SMILES string of the molecule is CCN(C(=O)CSC(C(=O)O)C(C)C)C1=CCCC1. The van der Waals surface area contributed by atoms with Crippen LogP contribution in [0.25, 0.3) is 0 Å². The van der Waals surface area contributed by atoms with E-state index in [2.05, 4.69) is 6.08 Å². The molecule has 0 bridgehead atoms. The Hall–Kier alpha value is -0.970. The molecule has 1 unspecified atom stereocenters. The lowest BCUT2D eigenvalue weighted by Crippen LogP contribution is -2.33. The van der Waals surface area contributed by atoms with Crippen LogP contribution >= 0.6 is 11.8 Å². The van der Waals surface area contributed by atoms with Gasteiger partial charge in [-0.1, -0.05) is 19.9 Å². The number of hydrogen-bond donors (Lipinski definition) is 1. The lowest BCUT2D eigenvalue weighted by Gasteiger charge is -2.23. The summed E-state index contributed by atoms with van der Waals surface area (Å²) in [5, 5.41) is 8.59. The highest BCUT2D eigenvalue weighted by Crippen LogP contribution is 2.24. The Morgan fingerprint density at radius 2 is 2.16 bits per heavy atom. The summed E-state index contributed by atoms with van der Waals surface area (Å²) in [6, 6.07) is 0. The summed E-state index contributed by atoms with van der Waals surface area (Å²) in [6.07, 6.45) is 5.21. The van der Waals surface area contributed by atoms with Gasteiger partial charge in [0.1, 0.15) is 5.25 Å². The molecule has 1 amide bonds. The molecule has 0 heterocycles. The summed E-state index contributed by atoms with van der Waals surface area (Å²) in [4.78, 5) is 25.1. The van der Waals surface area contributed by atoms with Gasteiger partial charge in [-0.15, -0.1) is 11.8 Å². The average Bonchev–Trinajstić information content (AvgIpc) is 2.82. The van der Waals surface area contributed by atoms with Gasteiger partial charge in [0.15, 0.2) is 0 Å². The van der Waals surface area contributed by atoms with Crippen LogP contribution in [0.4, 0.5) is 0 Å². The summed E-state index contributed by atoms with van der Waals surface area (Å²) in [5.41, 5.74) is 1.10. The Bertz CT molecular complexity index is 366. The molecule has 0 aromatic heterocycles. The van der Waals surface area contributed by atoms with Gasteiger partial charge in [0.25, 0.3) is 0 Å². The van der Waals surface area contributed by atoms with Crippen molar-refractivity contribution < 1.29 is 14.7 Å². The van der Waals surface area contributed by atoms with E-state index in [1.165, 1.54) is 11.8 Å². The van der Waals surface area contributed by atoms with Crippen LogP contribution in [0.3, 0.4) is 0 Å². The highest BCUT2D eigenvalue weighted by atomic mass is 32.2. The van der Waals surface area contributed by atoms with Crippen molar-refractivity contribution in [2.45, 2.75) is 45.3 Å². The number of carbonyl (C=O) groups excluding carboxylic acids is 1. The molecule has 0 saturated heterocycles. The molecule has 0 radical (unpaired) electrons. The second-order valence-electron chi connectivity index (χ2n) is 5.04. The minimum atomic E-state index is -0.837. The summed E-state index contributed by atoms with van der Waals surface area (Å²) < 4.78 is 0. The van der Waals surface area contributed by atoms with Crippen LogP contribution in [0.15, 0.2) is 11.8 Å². The van der Waals surface area contributed by atoms with Crippen LogP contribution in [0.1, 0.15) is 40.0 Å². The van der Waals surface area contributed by atoms with E-state index in [0.717, 1.165) is 25.0 Å². The molecule has 5 heteroatoms. The molecule has 0 fully saturated rings. The van der Waals surface area contributed by atoms with Gasteiger partial charge in [0, 0.05) is 12.2 Å². The average molecular weight is 285 g/mol. The van der Waals surface area contributed by atoms with Gasteiger partial charge >= 0.3 is 5.97 Å². The smallest absolute Gasteiger partial charge is 0.316 e. The Morgan fingerprint density at radius 3 is 2.58 bits per heavy atom. The largest absolute Gasteiger partial charge is 0.480 e. The van der Waals surface area contributed by atoms with Gasteiger partial charge in [-0.2, -0.15) is 0 Å². The highest BCUT2D eigenvalue weighted by molar-refractivity contribution is 8.01. The number of allylic oxidation sites excluding steroid dienone is 2. The van der Waals surface area contributed by atoms with Crippen LogP contribution in [0.2, 0.25) is 0 Å². The topological polar surface area (TPSA) is 57.6 Å². The Kier molecular flexibility index (Phi) is 6.42. The third-order valence-electron chi connectivity index (χ3n) is 3.22. The maximum absolute atomic E-state index is 12.2. The van der Waals surface area contributed by atoms with Gasteiger partial charge in [0.2, 0.25) is 5.91 Å². The van der Waals surface area contributed by atoms with Crippen molar-refractivity contribution in [3.05, 3.63) is 11.8 Å². The molecule has 4 nitrogen and oxygen atoms in total. The number of nitrogens with zero attached hydrogens (tertiary/aromatic N) is 1. The number of carboxylic acid groups (broad SMARTS) is 1. The van der Waals surface area contributed by atoms with Gasteiger partial charge < -0.3 is 10.0 Å². The number of hydrogen-bond acceptors (Lipinski definition) is 3. The second kappa shape index (κ2) is 7.58. The normalized spacial score (nSPS) is 16.3. The van der Waals surface area contributed by atoms with E-state index < -0.39 is 11.2 Å². The third kappa shape index (κ3) is 4.56. The van der Waals surface area contributed by atoms with E-state index in [-0.39, 0.29) is 17.6 Å². The molecule has 1 aliphatic rings. The lowest BCUT2D eigenvalue weighted by molar-refractivity contribution is -0.137. The van der Waals surface area contributed by atoms with Gasteiger partial charge in [0.05, 0.1) is 5.75 Å². The predicted molar refractivity (Wildman–Crippen MR) is 78.0 cm³/mol. The predicted octanol–water partition coefficient (Wildman–Crippen LogP) is 2.75. The standard InChI is InChI=1S/C14H23NO3S/c1-4-15(11-7-5-6-8-11)12(16)9-19-13(10(2)3)14(17)18/h7,10,13H,4-6,8-9H2,1-3H3,(H,17,18). The second-order valence-corrected chi connectivity index (χ2v) is 6.17. The molecule has 0 aromatic rings. The number of carboxylic acids is 1. The number of carbonyl (C=O) groups is 2. The molecule has 1 N–H and O–H groups in total. The minimum Gasteiger partial charge on any atom is -0.480 e. The summed E-state index contributed by atoms with van der Waals surface area (Å²) in [5.74, 6) is -0.556. The monoisotopic (exact) mass is 285 g/mol. The van der Waals surface area contributed by atoms with Gasteiger partial charge in [-0.05, 0) is 32.1 Å². The Morgan fingerprint density at radius 1 is 1.47 bits per heavy atom. The molecule has 0 aliphatic heterocycles. The molecule has 19 heavy (non-hydrogen) atoms. The first-order valence-corrected chi connectivity index (χ1v) is 7.86. The highest BCUT2D eigenvalue weighted by Gasteiger charge is 2.25. The first kappa shape index (κ1) is 16.1. The first-order valence-electron chi connectivity index (χ1n) is 6.81. The third-order valence-corrected chi connectivity index (χ3v) is 4.73. The van der Waals surface area contributed by atoms with Crippen LogP contribution in [0.5, 0.6) is 0 Å². The van der Waals surface area contributed by atoms with E-state index in [0.29, 0.717) is 6.54 Å². The molecule has 0 aromatic carbocycles. The van der Waals surface area contributed by atoms with Gasteiger partial charge in [-0.3, -0.25) is 9.59 Å². The van der Waals surface area contributed by atoms with Crippen LogP contribution in [0, 0.1) is 5.92 Å². The fraction of sp³-hybridized carbons (Fsp3) is 0.714. The fourth-order valence-corrected chi connectivity index (χ4v) is 3.23. The molecular weight excluding hydrogens is 262 g/mol. The molecule has 1 atom stereocenters. The zero-order valence-corrected chi connectivity index (χ0v) is 12.7. The van der Waals surface area contributed by atoms with Crippen molar-refractivity contribution in [2.75, 3.05) is 12.3 Å². The Labute approximate surface area is 119 Å². The molecule has 0 saturated carbocycles. The van der Waals surface area contributed by atoms with E-state index >= 15 is 0 Å². The first-order chi connectivity index (χ1) is 8.97. The van der Waals surface area contributed by atoms with Crippen molar-refractivity contribution in [1.82, 2.24) is 4.90 Å². The van der Waals surface area contributed by atoms with E-state index in [4.69, 9.17) is 5.11 Å². The number of thioether (sulfide) groups is 1. The molecular formula is C14H23NO3S. The molecule has 0 spiro atoms. The van der Waals surface area contributed by atoms with Crippen molar-refractivity contribution in [1.29, 1.82) is 0 Å². The zero-order valence-electron chi connectivity index (χ0n) is 11.9. The molecule has 1 aliphatic carbocycles. The number of aliphatic carboxylic acids is 1. The van der Waals surface area contributed by atoms with Gasteiger partial charge in [-0.25, -0.2) is 0 Å². The van der Waals surface area contributed by atoms with Crippen LogP contribution < -0.4 is 0 Å². The summed E-state index contributed by atoms with van der Waals surface area (Å²) >= 11 is 1.23. The van der Waals surface area contributed by atoms with Crippen molar-refractivity contribution in [3.63, 3.8) is 0 Å². The maximum Gasteiger partial charge on any atom is 0.316 e. The fourth-order valence-electron chi connectivity index (χ4n) is 2.23. The summed E-state index contributed by atoms with van der Waals surface area (Å²) in [6.45, 7) is 6.35. The van der Waals surface area contributed by atoms with Crippen LogP contribution in [-0.4, -0.2) is 39.4 Å². The van der Waals surface area contributed by atoms with E-state index in [9.17, 15) is 9.59 Å². The lowest BCUT2D eigenvalue weighted by atomic mass is 10.1. The van der Waals surface area contributed by atoms with Crippen LogP contribution in [-0.2, 0) is 9.59 Å². The van der Waals surface area contributed by atoms with Crippen molar-refractivity contribution >= 4 is 23.6 Å². The summed E-state index contributed by atoms with van der Waals surface area (Å²) in [7, 11) is 0. The van der Waals surface area contributed by atoms with E-state index in [1.807, 2.05) is 20.8 Å². The number of rotatable bonds is 7. The van der Waals surface area contributed by atoms with Crippen molar-refractivity contribution in [3.8, 4) is 0 Å². The van der Waals surface area contributed by atoms with E-state index in [1.54, 1.807) is 4.90 Å².